The first-order valence-electron chi connectivity index (χ1n) is 10.8. The number of nitrogens with one attached hydrogen (secondary N) is 3. The van der Waals surface area contributed by atoms with Gasteiger partial charge in [0.25, 0.3) is 18.1 Å². The van der Waals surface area contributed by atoms with Crippen molar-refractivity contribution in [2.45, 2.75) is 66.5 Å². The van der Waals surface area contributed by atoms with Gasteiger partial charge in [-0.1, -0.05) is 19.3 Å². The van der Waals surface area contributed by atoms with E-state index in [0.29, 0.717) is 12.8 Å². The average Bonchev–Trinajstić information content (AvgIpc) is 3.29. The van der Waals surface area contributed by atoms with Crippen LogP contribution in [0.3, 0.4) is 0 Å². The Kier molecular flexibility index (Phi) is 9.86. The van der Waals surface area contributed by atoms with E-state index in [0.717, 1.165) is 31.5 Å². The summed E-state index contributed by atoms with van der Waals surface area (Å²) in [6, 6.07) is 1.44. The van der Waals surface area contributed by atoms with Crippen LogP contribution in [-0.2, 0) is 10.0 Å². The van der Waals surface area contributed by atoms with E-state index in [9.17, 15) is 35.9 Å². The fourth-order valence-corrected chi connectivity index (χ4v) is 5.21. The normalized spacial score (nSPS) is 16.8. The van der Waals surface area contributed by atoms with Crippen molar-refractivity contribution in [1.29, 1.82) is 0 Å². The van der Waals surface area contributed by atoms with Crippen molar-refractivity contribution in [3.63, 3.8) is 0 Å². The molecule has 2 atom stereocenters. The molecule has 1 aliphatic carbocycles. The number of halogens is 4. The van der Waals surface area contributed by atoms with Gasteiger partial charge in [0, 0.05) is 6.20 Å². The summed E-state index contributed by atoms with van der Waals surface area (Å²) in [5.41, 5.74) is -0.447. The van der Waals surface area contributed by atoms with Crippen LogP contribution in [0.25, 0.3) is 0 Å². The minimum atomic E-state index is -4.20. The molecule has 0 unspecified atom stereocenters. The number of amides is 1. The van der Waals surface area contributed by atoms with Crippen LogP contribution >= 0.6 is 11.8 Å². The van der Waals surface area contributed by atoms with Crippen molar-refractivity contribution in [3.8, 4) is 0 Å². The van der Waals surface area contributed by atoms with E-state index in [-0.39, 0.29) is 28.4 Å². The lowest BCUT2D eigenvalue weighted by molar-refractivity contribution is 0.0740. The second-order valence-electron chi connectivity index (χ2n) is 7.91. The number of pyridine rings is 1. The highest BCUT2D eigenvalue weighted by Gasteiger charge is 2.33. The zero-order chi connectivity index (χ0) is 26.3. The van der Waals surface area contributed by atoms with Crippen LogP contribution in [0, 0.1) is 5.92 Å². The molecule has 4 N–H and O–H groups in total. The maximum absolute atomic E-state index is 12.8. The highest BCUT2D eigenvalue weighted by atomic mass is 32.2. The Morgan fingerprint density at radius 3 is 2.50 bits per heavy atom. The van der Waals surface area contributed by atoms with Gasteiger partial charge in [0.05, 0.1) is 12.6 Å². The molecule has 2 aromatic rings. The Bertz CT molecular complexity index is 1100. The van der Waals surface area contributed by atoms with E-state index < -0.39 is 57.6 Å². The number of sulfonamides is 1. The van der Waals surface area contributed by atoms with Crippen LogP contribution < -0.4 is 15.4 Å². The maximum atomic E-state index is 12.8. The van der Waals surface area contributed by atoms with Crippen molar-refractivity contribution in [3.05, 3.63) is 24.0 Å². The van der Waals surface area contributed by atoms with Crippen LogP contribution in [0.4, 0.5) is 23.4 Å². The number of hydrogen-bond acceptors (Lipinski definition) is 10. The van der Waals surface area contributed by atoms with Crippen LogP contribution in [0.1, 0.15) is 42.6 Å². The third-order valence-corrected chi connectivity index (χ3v) is 7.52. The van der Waals surface area contributed by atoms with E-state index in [2.05, 4.69) is 30.6 Å². The van der Waals surface area contributed by atoms with Gasteiger partial charge in [0.1, 0.15) is 16.9 Å². The Hall–Kier alpha value is -2.50. The molecular formula is C19H24F4N6O5S2. The topological polar surface area (TPSA) is 159 Å². The van der Waals surface area contributed by atoms with Crippen LogP contribution in [0.2, 0.25) is 0 Å². The highest BCUT2D eigenvalue weighted by Crippen LogP contribution is 2.30. The van der Waals surface area contributed by atoms with Gasteiger partial charge in [0.2, 0.25) is 15.7 Å². The lowest BCUT2D eigenvalue weighted by Gasteiger charge is -2.34. The summed E-state index contributed by atoms with van der Waals surface area (Å²) in [5.74, 6) is -3.85. The predicted molar refractivity (Wildman–Crippen MR) is 119 cm³/mol. The predicted octanol–water partition coefficient (Wildman–Crippen LogP) is 2.43. The minimum absolute atomic E-state index is 0.00354. The summed E-state index contributed by atoms with van der Waals surface area (Å²) in [5, 5.41) is 22.5. The third kappa shape index (κ3) is 7.75. The molecule has 0 aromatic carbocycles. The minimum Gasteiger partial charge on any atom is -0.372 e. The zero-order valence-corrected chi connectivity index (χ0v) is 20.2. The van der Waals surface area contributed by atoms with Crippen molar-refractivity contribution < 1.29 is 40.5 Å². The van der Waals surface area contributed by atoms with Crippen LogP contribution in [0.5, 0.6) is 0 Å². The standard InChI is InChI=1S/C19H24F4N6O5S2/c20-12(21)9-25-36(32,33)11-6-7-13(24-8-11)26-16(30)14(10-4-2-1-3-5-10)27-17(31)15-18(29-34-28-15)35-19(22)23/h6-8,10,12,14,16,19,25,30H,1-5,9H2,(H,24,26)(H,27,31)/t14-,16-/m0/s1. The number of aliphatic hydroxyl groups excluding tert-OH is 1. The summed E-state index contributed by atoms with van der Waals surface area (Å²) in [6.45, 7) is -1.05. The van der Waals surface area contributed by atoms with E-state index in [4.69, 9.17) is 0 Å². The summed E-state index contributed by atoms with van der Waals surface area (Å²) < 4.78 is 80.4. The van der Waals surface area contributed by atoms with Crippen molar-refractivity contribution in [2.24, 2.45) is 5.92 Å². The van der Waals surface area contributed by atoms with Crippen molar-refractivity contribution in [2.75, 3.05) is 11.9 Å². The number of aliphatic hydroxyl groups is 1. The van der Waals surface area contributed by atoms with Gasteiger partial charge >= 0.3 is 0 Å². The molecule has 11 nitrogen and oxygen atoms in total. The smallest absolute Gasteiger partial charge is 0.290 e. The van der Waals surface area contributed by atoms with E-state index in [1.54, 1.807) is 4.72 Å². The summed E-state index contributed by atoms with van der Waals surface area (Å²) in [6.07, 6.45) is 0.714. The first-order chi connectivity index (χ1) is 17.1. The fraction of sp³-hybridized carbons (Fsp3) is 0.579. The largest absolute Gasteiger partial charge is 0.372 e. The molecule has 36 heavy (non-hydrogen) atoms. The lowest BCUT2D eigenvalue weighted by Crippen LogP contribution is -2.51. The molecule has 200 valence electrons. The Labute approximate surface area is 207 Å². The van der Waals surface area contributed by atoms with E-state index in [1.807, 2.05) is 0 Å². The molecule has 0 spiro atoms. The van der Waals surface area contributed by atoms with E-state index in [1.165, 1.54) is 6.07 Å². The van der Waals surface area contributed by atoms with Gasteiger partial charge in [0.15, 0.2) is 5.03 Å². The van der Waals surface area contributed by atoms with Gasteiger partial charge in [-0.15, -0.1) is 0 Å². The van der Waals surface area contributed by atoms with Crippen molar-refractivity contribution in [1.82, 2.24) is 25.3 Å². The number of nitrogens with zero attached hydrogens (tertiary/aromatic N) is 3. The number of rotatable bonds is 12. The molecule has 1 aliphatic rings. The quantitative estimate of drug-likeness (QED) is 0.174. The number of alkyl halides is 4. The van der Waals surface area contributed by atoms with Crippen LogP contribution in [-0.4, -0.2) is 65.7 Å². The van der Waals surface area contributed by atoms with Gasteiger partial charge in [-0.05, 0) is 53.0 Å². The zero-order valence-electron chi connectivity index (χ0n) is 18.6. The van der Waals surface area contributed by atoms with Gasteiger partial charge in [-0.2, -0.15) is 8.78 Å². The first kappa shape index (κ1) is 28.1. The molecule has 1 amide bonds. The monoisotopic (exact) mass is 556 g/mol. The molecule has 17 heteroatoms. The molecule has 1 saturated carbocycles. The highest BCUT2D eigenvalue weighted by molar-refractivity contribution is 7.99. The molecule has 2 aromatic heterocycles. The Morgan fingerprint density at radius 1 is 1.17 bits per heavy atom. The average molecular weight is 557 g/mol. The maximum Gasteiger partial charge on any atom is 0.290 e. The molecule has 0 aliphatic heterocycles. The van der Waals surface area contributed by atoms with E-state index >= 15 is 0 Å². The second kappa shape index (κ2) is 12.6. The molecule has 2 heterocycles. The second-order valence-corrected chi connectivity index (χ2v) is 10.7. The third-order valence-electron chi connectivity index (χ3n) is 5.44. The summed E-state index contributed by atoms with van der Waals surface area (Å²) in [4.78, 5) is 16.3. The number of carbonyl (C=O) groups excluding carboxylic acids is 1. The first-order valence-corrected chi connectivity index (χ1v) is 13.2. The number of thioether (sulfide) groups is 1. The molecule has 0 bridgehead atoms. The van der Waals surface area contributed by atoms with Gasteiger partial charge in [-0.3, -0.25) is 4.79 Å². The fourth-order valence-electron chi connectivity index (χ4n) is 3.77. The summed E-state index contributed by atoms with van der Waals surface area (Å²) >= 11 is -0.00354. The number of carbonyl (C=O) groups is 1. The molecule has 3 rings (SSSR count). The number of aromatic nitrogens is 3. The molecule has 1 fully saturated rings. The van der Waals surface area contributed by atoms with Gasteiger partial charge < -0.3 is 15.7 Å². The number of anilines is 1. The van der Waals surface area contributed by atoms with Crippen molar-refractivity contribution >= 4 is 33.5 Å². The SMILES string of the molecule is O=C(N[C@@H](C1CCCCC1)[C@H](O)Nc1ccc(S(=O)(=O)NCC(F)F)cn1)c1nonc1SC(F)F. The molecule has 0 saturated heterocycles. The number of hydrogen-bond donors (Lipinski definition) is 4. The summed E-state index contributed by atoms with van der Waals surface area (Å²) in [7, 11) is -4.20. The molecular weight excluding hydrogens is 532 g/mol. The Balaban J connectivity index is 1.73. The van der Waals surface area contributed by atoms with Crippen LogP contribution in [0.15, 0.2) is 32.9 Å². The Morgan fingerprint density at radius 2 is 1.89 bits per heavy atom. The van der Waals surface area contributed by atoms with Gasteiger partial charge in [-0.25, -0.2) is 31.5 Å². The molecule has 0 radical (unpaired) electrons. The lowest BCUT2D eigenvalue weighted by atomic mass is 9.83.